The van der Waals surface area contributed by atoms with Crippen LogP contribution in [0.15, 0.2) is 79.3 Å². The van der Waals surface area contributed by atoms with E-state index in [4.69, 9.17) is 46.9 Å². The maximum Gasteiger partial charge on any atom is 0.410 e. The lowest BCUT2D eigenvalue weighted by Gasteiger charge is -2.35. The van der Waals surface area contributed by atoms with Crippen LogP contribution in [0.2, 0.25) is 10.3 Å². The summed E-state index contributed by atoms with van der Waals surface area (Å²) in [4.78, 5) is 48.9. The molecule has 0 unspecified atom stereocenters. The number of para-hydroxylation sites is 1. The Balaban J connectivity index is 1.17. The molecule has 1 aliphatic heterocycles. The number of hydrogen-bond acceptors (Lipinski definition) is 13. The Morgan fingerprint density at radius 1 is 0.921 bits per heavy atom. The summed E-state index contributed by atoms with van der Waals surface area (Å²) in [5.74, 6) is 0.198. The molecule has 1 aliphatic rings. The fourth-order valence-electron chi connectivity index (χ4n) is 7.02. The zero-order chi connectivity index (χ0) is 44.7. The second-order valence-electron chi connectivity index (χ2n) is 15.7. The highest BCUT2D eigenvalue weighted by Crippen LogP contribution is 2.49. The molecule has 0 N–H and O–H groups in total. The van der Waals surface area contributed by atoms with Crippen LogP contribution in [0.25, 0.3) is 31.8 Å². The van der Waals surface area contributed by atoms with Crippen LogP contribution in [0.4, 0.5) is 9.18 Å². The van der Waals surface area contributed by atoms with Crippen LogP contribution >= 0.6 is 34.5 Å². The number of piperazine rings is 1. The molecule has 0 bridgehead atoms. The number of hydrogen-bond donors (Lipinski definition) is 0. The first kappa shape index (κ1) is 45.4. The summed E-state index contributed by atoms with van der Waals surface area (Å²) in [5.41, 5.74) is 3.60. The molecular formula is C46H47Cl2FN6O7S. The van der Waals surface area contributed by atoms with Gasteiger partial charge in [-0.2, -0.15) is 0 Å². The number of rotatable bonds is 15. The highest BCUT2D eigenvalue weighted by atomic mass is 35.5. The smallest absolute Gasteiger partial charge is 0.410 e. The Hall–Kier alpha value is -5.61. The molecule has 3 aromatic heterocycles. The molecule has 0 saturated carbocycles. The highest BCUT2D eigenvalue weighted by molar-refractivity contribution is 7.22. The van der Waals surface area contributed by atoms with Gasteiger partial charge in [-0.15, -0.1) is 11.3 Å². The van der Waals surface area contributed by atoms with Crippen LogP contribution < -0.4 is 14.2 Å². The second kappa shape index (κ2) is 20.3. The number of benzene rings is 3. The molecule has 0 spiro atoms. The highest BCUT2D eigenvalue weighted by Gasteiger charge is 2.30. The third-order valence-electron chi connectivity index (χ3n) is 10.1. The molecular weight excluding hydrogens is 871 g/mol. The Morgan fingerprint density at radius 2 is 1.68 bits per heavy atom. The molecule has 330 valence electrons. The van der Waals surface area contributed by atoms with Gasteiger partial charge in [-0.05, 0) is 98.8 Å². The van der Waals surface area contributed by atoms with Crippen LogP contribution in [0.5, 0.6) is 17.4 Å². The van der Waals surface area contributed by atoms with Crippen molar-refractivity contribution in [2.24, 2.45) is 0 Å². The van der Waals surface area contributed by atoms with E-state index >= 15 is 0 Å². The maximum absolute atomic E-state index is 14.3. The quantitative estimate of drug-likeness (QED) is 0.0716. The lowest BCUT2D eigenvalue weighted by atomic mass is 9.96. The van der Waals surface area contributed by atoms with Crippen molar-refractivity contribution < 1.29 is 37.7 Å². The number of carbonyl (C=O) groups is 2. The van der Waals surface area contributed by atoms with Crippen molar-refractivity contribution in [1.82, 2.24) is 29.7 Å². The van der Waals surface area contributed by atoms with E-state index in [2.05, 4.69) is 24.8 Å². The Morgan fingerprint density at radius 3 is 2.41 bits per heavy atom. The summed E-state index contributed by atoms with van der Waals surface area (Å²) in [7, 11) is 0. The monoisotopic (exact) mass is 916 g/mol. The van der Waals surface area contributed by atoms with Crippen molar-refractivity contribution >= 4 is 56.8 Å². The first-order valence-corrected chi connectivity index (χ1v) is 22.0. The predicted molar refractivity (Wildman–Crippen MR) is 240 cm³/mol. The molecule has 1 atom stereocenters. The minimum Gasteiger partial charge on any atom is -0.491 e. The van der Waals surface area contributed by atoms with Gasteiger partial charge in [0.05, 0.1) is 22.7 Å². The molecule has 1 saturated heterocycles. The van der Waals surface area contributed by atoms with Crippen molar-refractivity contribution in [3.05, 3.63) is 112 Å². The van der Waals surface area contributed by atoms with Gasteiger partial charge in [-0.1, -0.05) is 48.0 Å². The summed E-state index contributed by atoms with van der Waals surface area (Å²) in [6, 6.07) is 19.0. The van der Waals surface area contributed by atoms with E-state index in [1.54, 1.807) is 42.3 Å². The first-order chi connectivity index (χ1) is 30.3. The van der Waals surface area contributed by atoms with Crippen molar-refractivity contribution in [1.29, 1.82) is 0 Å². The fourth-order valence-corrected chi connectivity index (χ4v) is 8.56. The minimum absolute atomic E-state index is 0.0750. The molecule has 0 aliphatic carbocycles. The Labute approximate surface area is 379 Å². The Kier molecular flexibility index (Phi) is 14.6. The van der Waals surface area contributed by atoms with Gasteiger partial charge in [0.25, 0.3) is 0 Å². The molecule has 17 heteroatoms. The van der Waals surface area contributed by atoms with Crippen molar-refractivity contribution in [2.45, 2.75) is 59.4 Å². The number of amides is 1. The van der Waals surface area contributed by atoms with Gasteiger partial charge in [0.15, 0.2) is 0 Å². The van der Waals surface area contributed by atoms with Crippen molar-refractivity contribution in [2.75, 3.05) is 45.9 Å². The largest absolute Gasteiger partial charge is 0.491 e. The van der Waals surface area contributed by atoms with Gasteiger partial charge in [-0.25, -0.2) is 33.9 Å². The summed E-state index contributed by atoms with van der Waals surface area (Å²) < 4.78 is 44.3. The number of carbonyl (C=O) groups excluding carboxylic acids is 2. The topological polar surface area (TPSA) is 138 Å². The van der Waals surface area contributed by atoms with Gasteiger partial charge in [0, 0.05) is 55.8 Å². The first-order valence-electron chi connectivity index (χ1n) is 20.4. The van der Waals surface area contributed by atoms with Crippen molar-refractivity contribution in [3.63, 3.8) is 0 Å². The third kappa shape index (κ3) is 11.3. The second-order valence-corrected chi connectivity index (χ2v) is 17.4. The minimum atomic E-state index is -1.15. The number of nitrogens with zero attached hydrogens (tertiary/aromatic N) is 6. The zero-order valence-electron chi connectivity index (χ0n) is 35.5. The van der Waals surface area contributed by atoms with E-state index in [1.165, 1.54) is 29.8 Å². The van der Waals surface area contributed by atoms with Gasteiger partial charge in [0.1, 0.15) is 47.3 Å². The maximum atomic E-state index is 14.3. The number of aromatic nitrogens is 4. The van der Waals surface area contributed by atoms with E-state index in [0.29, 0.717) is 82.9 Å². The van der Waals surface area contributed by atoms with Crippen LogP contribution in [0.3, 0.4) is 0 Å². The van der Waals surface area contributed by atoms with Gasteiger partial charge in [-0.3, -0.25) is 4.90 Å². The number of thiophene rings is 1. The van der Waals surface area contributed by atoms with Crippen LogP contribution in [-0.2, 0) is 27.3 Å². The number of ether oxygens (including phenoxy) is 5. The van der Waals surface area contributed by atoms with Gasteiger partial charge in [0.2, 0.25) is 17.3 Å². The van der Waals surface area contributed by atoms with Crippen molar-refractivity contribution in [3.8, 4) is 38.9 Å². The zero-order valence-corrected chi connectivity index (χ0v) is 37.9. The van der Waals surface area contributed by atoms with E-state index in [9.17, 15) is 14.0 Å². The number of esters is 1. The normalized spacial score (nSPS) is 13.7. The molecule has 6 aromatic rings. The standard InChI is InChI=1S/C46H47Cl2FN6O7S/c1-6-58-43(56)36(25-30-9-7-8-10-34(30)60-26-32-17-18-50-44(48)53-32)61-41-38-37(40(63-42(38)52-27-51-41)29-11-13-31(49)14-12-29)33-15-16-35(39(47)28(33)2)59-24-23-54-19-21-55(22-20-54)45(57)62-46(3,4)5/h7-18,27,36H,6,19-26H2,1-5H3/t36-/m1/s1. The molecule has 3 aromatic carbocycles. The summed E-state index contributed by atoms with van der Waals surface area (Å²) in [6.07, 6.45) is 1.55. The lowest BCUT2D eigenvalue weighted by molar-refractivity contribution is -0.151. The van der Waals surface area contributed by atoms with E-state index in [0.717, 1.165) is 21.6 Å². The SMILES string of the molecule is CCOC(=O)[C@@H](Cc1ccccc1OCc1ccnc(Cl)n1)Oc1ncnc2sc(-c3ccc(F)cc3)c(-c3ccc(OCCN4CCN(C(=O)OC(C)(C)C)CC4)c(Cl)c3C)c12. The van der Waals surface area contributed by atoms with E-state index < -0.39 is 17.7 Å². The van der Waals surface area contributed by atoms with Gasteiger partial charge >= 0.3 is 12.1 Å². The lowest BCUT2D eigenvalue weighted by Crippen LogP contribution is -2.50. The molecule has 7 rings (SSSR count). The Bertz CT molecular complexity index is 2570. The molecule has 13 nitrogen and oxygen atoms in total. The predicted octanol–water partition coefficient (Wildman–Crippen LogP) is 9.63. The summed E-state index contributed by atoms with van der Waals surface area (Å²) in [6.45, 7) is 12.9. The van der Waals surface area contributed by atoms with Crippen LogP contribution in [-0.4, -0.2) is 99.4 Å². The summed E-state index contributed by atoms with van der Waals surface area (Å²) in [5, 5.41) is 1.06. The number of halogens is 3. The van der Waals surface area contributed by atoms with Crippen LogP contribution in [0.1, 0.15) is 44.5 Å². The number of fused-ring (bicyclic) bond motifs is 1. The summed E-state index contributed by atoms with van der Waals surface area (Å²) >= 11 is 14.5. The molecule has 1 amide bonds. The van der Waals surface area contributed by atoms with E-state index in [1.807, 2.05) is 58.0 Å². The average Bonchev–Trinajstić information content (AvgIpc) is 3.65. The molecule has 63 heavy (non-hydrogen) atoms. The van der Waals surface area contributed by atoms with Crippen LogP contribution in [0, 0.1) is 12.7 Å². The third-order valence-corrected chi connectivity index (χ3v) is 11.9. The molecule has 1 fully saturated rings. The van der Waals surface area contributed by atoms with Gasteiger partial charge < -0.3 is 28.6 Å². The fraction of sp³-hybridized carbons (Fsp3) is 0.348. The molecule has 0 radical (unpaired) electrons. The molecule has 4 heterocycles. The average molecular weight is 918 g/mol. The van der Waals surface area contributed by atoms with E-state index in [-0.39, 0.29) is 42.7 Å².